The van der Waals surface area contributed by atoms with Gasteiger partial charge in [0.15, 0.2) is 0 Å². The summed E-state index contributed by atoms with van der Waals surface area (Å²) in [7, 11) is 0. The molecule has 0 spiro atoms. The molecule has 102 valence electrons. The Morgan fingerprint density at radius 2 is 1.68 bits per heavy atom. The van der Waals surface area contributed by atoms with E-state index in [1.807, 2.05) is 26.8 Å². The number of hydrogen-bond acceptors (Lipinski definition) is 1. The van der Waals surface area contributed by atoms with Crippen molar-refractivity contribution in [1.82, 2.24) is 5.32 Å². The van der Waals surface area contributed by atoms with Crippen LogP contribution in [0.5, 0.6) is 0 Å². The van der Waals surface area contributed by atoms with Crippen molar-refractivity contribution in [3.8, 4) is 0 Å². The van der Waals surface area contributed by atoms with Gasteiger partial charge in [-0.05, 0) is 69.7 Å². The van der Waals surface area contributed by atoms with Gasteiger partial charge in [0, 0.05) is 11.1 Å². The van der Waals surface area contributed by atoms with E-state index in [1.54, 1.807) is 0 Å². The van der Waals surface area contributed by atoms with E-state index in [0.717, 1.165) is 31.2 Å². The van der Waals surface area contributed by atoms with Crippen molar-refractivity contribution >= 4 is 5.91 Å². The molecule has 19 heavy (non-hydrogen) atoms. The van der Waals surface area contributed by atoms with Crippen LogP contribution in [0.2, 0.25) is 0 Å². The van der Waals surface area contributed by atoms with Gasteiger partial charge in [-0.3, -0.25) is 4.79 Å². The van der Waals surface area contributed by atoms with E-state index < -0.39 is 0 Å². The van der Waals surface area contributed by atoms with Crippen molar-refractivity contribution < 1.29 is 4.79 Å². The topological polar surface area (TPSA) is 29.1 Å². The van der Waals surface area contributed by atoms with Gasteiger partial charge in [-0.2, -0.15) is 0 Å². The van der Waals surface area contributed by atoms with Crippen molar-refractivity contribution in [2.45, 2.75) is 52.0 Å². The van der Waals surface area contributed by atoms with Gasteiger partial charge < -0.3 is 5.32 Å². The van der Waals surface area contributed by atoms with Crippen LogP contribution >= 0.6 is 0 Å². The molecule has 0 fully saturated rings. The first-order valence-electron chi connectivity index (χ1n) is 7.05. The molecule has 0 heterocycles. The monoisotopic (exact) mass is 257 g/mol. The van der Waals surface area contributed by atoms with Gasteiger partial charge in [0.05, 0.1) is 0 Å². The van der Waals surface area contributed by atoms with E-state index in [4.69, 9.17) is 0 Å². The van der Waals surface area contributed by atoms with Crippen molar-refractivity contribution in [3.63, 3.8) is 0 Å². The maximum Gasteiger partial charge on any atom is 0.251 e. The standard InChI is InChI=1S/C17H23NO/c1-17(2,3)18-16(19)15-11-10-13-8-6-4-5-7-9-14(13)12-15/h4-5,10-12H,6-9H2,1-3H3,(H,18,19)/b5-4+. The molecule has 1 aromatic carbocycles. The highest BCUT2D eigenvalue weighted by Gasteiger charge is 2.16. The van der Waals surface area contributed by atoms with Gasteiger partial charge in [0.2, 0.25) is 0 Å². The number of hydrogen-bond donors (Lipinski definition) is 1. The molecule has 0 unspecified atom stereocenters. The van der Waals surface area contributed by atoms with E-state index in [1.165, 1.54) is 11.1 Å². The maximum atomic E-state index is 12.2. The molecule has 2 rings (SSSR count). The first-order valence-corrected chi connectivity index (χ1v) is 7.05. The summed E-state index contributed by atoms with van der Waals surface area (Å²) in [4.78, 5) is 12.2. The minimum atomic E-state index is -0.190. The van der Waals surface area contributed by atoms with Crippen LogP contribution < -0.4 is 5.32 Å². The highest BCUT2D eigenvalue weighted by atomic mass is 16.1. The Hall–Kier alpha value is -1.57. The van der Waals surface area contributed by atoms with E-state index in [2.05, 4.69) is 29.6 Å². The van der Waals surface area contributed by atoms with Crippen molar-refractivity contribution in [1.29, 1.82) is 0 Å². The summed E-state index contributed by atoms with van der Waals surface area (Å²) in [6, 6.07) is 6.13. The Kier molecular flexibility index (Phi) is 4.08. The summed E-state index contributed by atoms with van der Waals surface area (Å²) in [5, 5.41) is 3.02. The second-order valence-electron chi connectivity index (χ2n) is 6.24. The minimum Gasteiger partial charge on any atom is -0.347 e. The third-order valence-electron chi connectivity index (χ3n) is 3.28. The van der Waals surface area contributed by atoms with E-state index in [0.29, 0.717) is 0 Å². The second-order valence-corrected chi connectivity index (χ2v) is 6.24. The summed E-state index contributed by atoms with van der Waals surface area (Å²) in [6.07, 6.45) is 8.77. The smallest absolute Gasteiger partial charge is 0.251 e. The van der Waals surface area contributed by atoms with Crippen LogP contribution in [0, 0.1) is 0 Å². The van der Waals surface area contributed by atoms with Crippen molar-refractivity contribution in [2.75, 3.05) is 0 Å². The second kappa shape index (κ2) is 5.60. The number of fused-ring (bicyclic) bond motifs is 1. The van der Waals surface area contributed by atoms with Crippen LogP contribution in [-0.2, 0) is 12.8 Å². The van der Waals surface area contributed by atoms with Gasteiger partial charge in [-0.25, -0.2) is 0 Å². The fourth-order valence-corrected chi connectivity index (χ4v) is 2.37. The quantitative estimate of drug-likeness (QED) is 0.764. The zero-order valence-electron chi connectivity index (χ0n) is 12.1. The predicted molar refractivity (Wildman–Crippen MR) is 79.4 cm³/mol. The summed E-state index contributed by atoms with van der Waals surface area (Å²) in [6.45, 7) is 6.01. The van der Waals surface area contributed by atoms with E-state index in [9.17, 15) is 4.79 Å². The fourth-order valence-electron chi connectivity index (χ4n) is 2.37. The molecule has 1 aromatic rings. The fraction of sp³-hybridized carbons (Fsp3) is 0.471. The highest BCUT2D eigenvalue weighted by Crippen LogP contribution is 2.19. The molecule has 0 radical (unpaired) electrons. The molecular formula is C17H23NO. The lowest BCUT2D eigenvalue weighted by Crippen LogP contribution is -2.40. The van der Waals surface area contributed by atoms with E-state index >= 15 is 0 Å². The molecule has 1 amide bonds. The molecule has 0 bridgehead atoms. The zero-order chi connectivity index (χ0) is 13.9. The normalized spacial score (nSPS) is 17.0. The Balaban J connectivity index is 2.20. The van der Waals surface area contributed by atoms with Crippen LogP contribution in [0.3, 0.4) is 0 Å². The van der Waals surface area contributed by atoms with Crippen LogP contribution in [0.25, 0.3) is 0 Å². The van der Waals surface area contributed by atoms with Crippen LogP contribution in [0.1, 0.15) is 55.1 Å². The maximum absolute atomic E-state index is 12.2. The minimum absolute atomic E-state index is 0.0212. The molecule has 0 atom stereocenters. The highest BCUT2D eigenvalue weighted by molar-refractivity contribution is 5.94. The van der Waals surface area contributed by atoms with Gasteiger partial charge in [-0.1, -0.05) is 18.2 Å². The van der Waals surface area contributed by atoms with E-state index in [-0.39, 0.29) is 11.4 Å². The Morgan fingerprint density at radius 1 is 1.05 bits per heavy atom. The van der Waals surface area contributed by atoms with Crippen molar-refractivity contribution in [3.05, 3.63) is 47.0 Å². The summed E-state index contributed by atoms with van der Waals surface area (Å²) >= 11 is 0. The predicted octanol–water partition coefficient (Wildman–Crippen LogP) is 3.65. The third-order valence-corrected chi connectivity index (χ3v) is 3.28. The van der Waals surface area contributed by atoms with Crippen LogP contribution in [0.4, 0.5) is 0 Å². The first kappa shape index (κ1) is 13.9. The molecule has 0 aromatic heterocycles. The SMILES string of the molecule is CC(C)(C)NC(=O)c1ccc2c(c1)CC/C=C/CC2. The number of benzene rings is 1. The van der Waals surface area contributed by atoms with Crippen LogP contribution in [-0.4, -0.2) is 11.4 Å². The van der Waals surface area contributed by atoms with Gasteiger partial charge >= 0.3 is 0 Å². The Morgan fingerprint density at radius 3 is 2.32 bits per heavy atom. The molecule has 1 N–H and O–H groups in total. The lowest BCUT2D eigenvalue weighted by atomic mass is 9.94. The molecule has 2 heteroatoms. The number of carbonyl (C=O) groups is 1. The summed E-state index contributed by atoms with van der Waals surface area (Å²) in [5.74, 6) is 0.0212. The summed E-state index contributed by atoms with van der Waals surface area (Å²) < 4.78 is 0. The number of carbonyl (C=O) groups excluding carboxylic acids is 1. The number of nitrogens with one attached hydrogen (secondary N) is 1. The number of aryl methyl sites for hydroxylation is 2. The lowest BCUT2D eigenvalue weighted by Gasteiger charge is -2.21. The average Bonchev–Trinajstić information content (AvgIpc) is 2.27. The lowest BCUT2D eigenvalue weighted by molar-refractivity contribution is 0.0919. The number of amides is 1. The molecule has 1 aliphatic carbocycles. The first-order chi connectivity index (χ1) is 8.96. The zero-order valence-corrected chi connectivity index (χ0v) is 12.1. The molecular weight excluding hydrogens is 234 g/mol. The van der Waals surface area contributed by atoms with Gasteiger partial charge in [-0.15, -0.1) is 0 Å². The third kappa shape index (κ3) is 3.95. The average molecular weight is 257 g/mol. The molecule has 1 aliphatic rings. The molecule has 0 aliphatic heterocycles. The summed E-state index contributed by atoms with van der Waals surface area (Å²) in [5.41, 5.74) is 3.30. The Labute approximate surface area is 115 Å². The van der Waals surface area contributed by atoms with Crippen LogP contribution in [0.15, 0.2) is 30.4 Å². The number of rotatable bonds is 1. The molecule has 0 saturated heterocycles. The Bertz CT molecular complexity index is 494. The number of allylic oxidation sites excluding steroid dienone is 2. The van der Waals surface area contributed by atoms with Crippen molar-refractivity contribution in [2.24, 2.45) is 0 Å². The molecule has 0 saturated carbocycles. The molecule has 2 nitrogen and oxygen atoms in total. The largest absolute Gasteiger partial charge is 0.347 e. The van der Waals surface area contributed by atoms with Gasteiger partial charge in [0.1, 0.15) is 0 Å². The van der Waals surface area contributed by atoms with Gasteiger partial charge in [0.25, 0.3) is 5.91 Å².